The molecule has 0 bridgehead atoms. The molecule has 0 aliphatic heterocycles. The summed E-state index contributed by atoms with van der Waals surface area (Å²) in [5.74, 6) is 21.0. The predicted octanol–water partition coefficient (Wildman–Crippen LogP) is 8.24. The van der Waals surface area contributed by atoms with E-state index in [1.165, 1.54) is 27.3 Å². The molecule has 9 rings (SSSR count). The lowest BCUT2D eigenvalue weighted by Gasteiger charge is -2.06. The van der Waals surface area contributed by atoms with Crippen LogP contribution in [0.15, 0.2) is 161 Å². The molecule has 69 heavy (non-hydrogen) atoms. The lowest BCUT2D eigenvalue weighted by Crippen LogP contribution is -2.18. The molecule has 0 saturated heterocycles. The van der Waals surface area contributed by atoms with Crippen molar-refractivity contribution in [1.29, 1.82) is 0 Å². The first-order chi connectivity index (χ1) is 33.2. The summed E-state index contributed by atoms with van der Waals surface area (Å²) in [5.41, 5.74) is 10.6. The summed E-state index contributed by atoms with van der Waals surface area (Å²) in [4.78, 5) is 51.2. The maximum Gasteiger partial charge on any atom is 0.252 e. The van der Waals surface area contributed by atoms with E-state index in [9.17, 15) is 14.4 Å². The van der Waals surface area contributed by atoms with Crippen LogP contribution < -0.4 is 16.7 Å². The molecule has 0 amide bonds. The summed E-state index contributed by atoms with van der Waals surface area (Å²) >= 11 is 0. The topological polar surface area (TPSA) is 130 Å². The number of aromatic nitrogens is 9. The van der Waals surface area contributed by atoms with Gasteiger partial charge in [0, 0.05) is 85.7 Å². The van der Waals surface area contributed by atoms with Gasteiger partial charge in [0.05, 0.1) is 17.1 Å². The van der Waals surface area contributed by atoms with E-state index in [0.29, 0.717) is 23.6 Å². The molecule has 0 fully saturated rings. The molecule has 0 aliphatic carbocycles. The van der Waals surface area contributed by atoms with Gasteiger partial charge in [0.1, 0.15) is 34.6 Å². The smallest absolute Gasteiger partial charge is 0.252 e. The third-order valence-electron chi connectivity index (χ3n) is 10.7. The minimum Gasteiger partial charge on any atom is -0.329 e. The summed E-state index contributed by atoms with van der Waals surface area (Å²) in [6.07, 6.45) is 10.7. The zero-order valence-electron chi connectivity index (χ0n) is 39.9. The zero-order valence-corrected chi connectivity index (χ0v) is 39.9. The van der Waals surface area contributed by atoms with Gasteiger partial charge in [-0.3, -0.25) is 14.4 Å². The van der Waals surface area contributed by atoms with E-state index >= 15 is 0 Å². The minimum atomic E-state index is -0.141. The van der Waals surface area contributed by atoms with E-state index in [1.807, 2.05) is 172 Å². The van der Waals surface area contributed by atoms with Crippen LogP contribution in [0.3, 0.4) is 0 Å². The predicted molar refractivity (Wildman–Crippen MR) is 272 cm³/mol. The molecule has 9 aromatic rings. The average Bonchev–Trinajstić information content (AvgIpc) is 4.03. The van der Waals surface area contributed by atoms with Gasteiger partial charge in [-0.15, -0.1) is 0 Å². The fourth-order valence-electron chi connectivity index (χ4n) is 7.14. The number of benzene rings is 3. The third-order valence-corrected chi connectivity index (χ3v) is 10.7. The van der Waals surface area contributed by atoms with Gasteiger partial charge >= 0.3 is 0 Å². The van der Waals surface area contributed by atoms with Gasteiger partial charge in [0.15, 0.2) is 0 Å². The van der Waals surface area contributed by atoms with Crippen LogP contribution in [-0.2, 0) is 13.6 Å². The lowest BCUT2D eigenvalue weighted by atomic mass is 10.1. The van der Waals surface area contributed by atoms with E-state index in [2.05, 4.69) is 55.5 Å². The van der Waals surface area contributed by atoms with Crippen molar-refractivity contribution in [2.24, 2.45) is 7.05 Å². The quantitative estimate of drug-likeness (QED) is 0.177. The van der Waals surface area contributed by atoms with Crippen molar-refractivity contribution in [3.8, 4) is 52.6 Å². The van der Waals surface area contributed by atoms with Gasteiger partial charge in [-0.1, -0.05) is 54.2 Å². The molecule has 3 aromatic carbocycles. The van der Waals surface area contributed by atoms with Gasteiger partial charge in [-0.25, -0.2) is 15.0 Å². The van der Waals surface area contributed by atoms with Crippen molar-refractivity contribution in [3.05, 3.63) is 245 Å². The normalized spacial score (nSPS) is 10.2. The van der Waals surface area contributed by atoms with E-state index < -0.39 is 0 Å². The van der Waals surface area contributed by atoms with Crippen molar-refractivity contribution in [3.63, 3.8) is 0 Å². The van der Waals surface area contributed by atoms with Gasteiger partial charge in [0.2, 0.25) is 5.56 Å². The maximum absolute atomic E-state index is 12.0. The Hall–Kier alpha value is -9.18. The first kappa shape index (κ1) is 47.8. The average molecular weight is 910 g/mol. The second-order valence-corrected chi connectivity index (χ2v) is 16.2. The van der Waals surface area contributed by atoms with Crippen LogP contribution in [0.2, 0.25) is 0 Å². The van der Waals surface area contributed by atoms with E-state index in [1.54, 1.807) is 42.3 Å². The summed E-state index contributed by atoms with van der Waals surface area (Å²) in [7, 11) is 1.73. The maximum atomic E-state index is 12.0. The summed E-state index contributed by atoms with van der Waals surface area (Å²) in [5, 5.41) is 0. The number of hydrogen-bond acceptors (Lipinski definition) is 6. The first-order valence-electron chi connectivity index (χ1n) is 22.2. The van der Waals surface area contributed by atoms with Crippen molar-refractivity contribution in [2.75, 3.05) is 0 Å². The molecule has 12 nitrogen and oxygen atoms in total. The largest absolute Gasteiger partial charge is 0.329 e. The first-order valence-corrected chi connectivity index (χ1v) is 22.2. The van der Waals surface area contributed by atoms with Crippen molar-refractivity contribution in [1.82, 2.24) is 42.8 Å². The fraction of sp³-hybridized carbons (Fsp3) is 0.158. The monoisotopic (exact) mass is 909 g/mol. The number of aryl methyl sites for hydroxylation is 8. The van der Waals surface area contributed by atoms with E-state index in [-0.39, 0.29) is 16.7 Å². The van der Waals surface area contributed by atoms with Crippen LogP contribution in [0.1, 0.15) is 74.9 Å². The Morgan fingerprint density at radius 1 is 0.478 bits per heavy atom. The molecule has 12 heteroatoms. The van der Waals surface area contributed by atoms with Crippen molar-refractivity contribution in [2.45, 2.75) is 55.0 Å². The molecule has 0 unspecified atom stereocenters. The Bertz CT molecular complexity index is 3690. The number of imidazole rings is 3. The van der Waals surface area contributed by atoms with E-state index in [0.717, 1.165) is 51.2 Å². The van der Waals surface area contributed by atoms with Gasteiger partial charge in [-0.2, -0.15) is 0 Å². The minimum absolute atomic E-state index is 0.0181. The summed E-state index contributed by atoms with van der Waals surface area (Å²) < 4.78 is 8.82. The molecule has 0 spiro atoms. The highest BCUT2D eigenvalue weighted by atomic mass is 16.1. The Labute approximate surface area is 401 Å². The fourth-order valence-corrected chi connectivity index (χ4v) is 7.14. The molecule has 6 heterocycles. The molecular formula is C57H51N9O3. The SMILES string of the molecule is CCn1ccc(-n2cc(C#Cc3cccc(C)c3)nc2C)cc1=O.Cc1cccc(C#Cc2cn(-c3cc[nH]c(=O)c3)c(C)n2)c1.Cc1cccc(C#Cc2cn(-c3ccn(C)c(=O)c3)c(C)n2)c1. The zero-order chi connectivity index (χ0) is 49.0. The second kappa shape index (κ2) is 21.9. The second-order valence-electron chi connectivity index (χ2n) is 16.2. The molecule has 0 saturated carbocycles. The number of pyridine rings is 3. The van der Waals surface area contributed by atoms with Crippen LogP contribution in [0, 0.1) is 77.1 Å². The third kappa shape index (κ3) is 12.8. The Kier molecular flexibility index (Phi) is 15.1. The highest BCUT2D eigenvalue weighted by molar-refractivity contribution is 5.46. The van der Waals surface area contributed by atoms with Crippen LogP contribution in [0.25, 0.3) is 17.1 Å². The molecule has 6 aromatic heterocycles. The van der Waals surface area contributed by atoms with Gasteiger partial charge < -0.3 is 27.8 Å². The lowest BCUT2D eigenvalue weighted by molar-refractivity contribution is 0.724. The van der Waals surface area contributed by atoms with Crippen molar-refractivity contribution >= 4 is 0 Å². The molecule has 342 valence electrons. The van der Waals surface area contributed by atoms with Crippen molar-refractivity contribution < 1.29 is 0 Å². The van der Waals surface area contributed by atoms with Crippen LogP contribution in [0.5, 0.6) is 0 Å². The molecular weight excluding hydrogens is 859 g/mol. The number of H-pyrrole nitrogens is 1. The van der Waals surface area contributed by atoms with Crippen LogP contribution >= 0.6 is 0 Å². The summed E-state index contributed by atoms with van der Waals surface area (Å²) in [6, 6.07) is 34.5. The van der Waals surface area contributed by atoms with Gasteiger partial charge in [0.25, 0.3) is 11.1 Å². The summed E-state index contributed by atoms with van der Waals surface area (Å²) in [6.45, 7) is 14.4. The molecule has 0 aliphatic rings. The van der Waals surface area contributed by atoms with E-state index in [4.69, 9.17) is 0 Å². The van der Waals surface area contributed by atoms with Crippen LogP contribution in [0.4, 0.5) is 0 Å². The number of nitrogens with zero attached hydrogens (tertiary/aromatic N) is 8. The Balaban J connectivity index is 0.000000153. The standard InChI is InChI=1S/C20H19N3O.C19H17N3O.C18H15N3O/c1-4-22-11-10-19(13-20(22)24)23-14-18(21-16(23)3)9-8-17-7-5-6-15(2)12-17;1-14-5-4-6-16(11-14)7-8-17-13-22(15(2)20-17)18-9-10-21(3)19(23)12-18;1-13-4-3-5-15(10-13)6-7-16-12-21(14(2)20-16)17-8-9-19-18(22)11-17/h5-7,10-14H,4H2,1-3H3;4-6,9-13H,1-3H3;3-5,8-12H,1-2H3,(H,19,22). The number of nitrogens with one attached hydrogen (secondary N) is 1. The highest BCUT2D eigenvalue weighted by Crippen LogP contribution is 2.14. The Morgan fingerprint density at radius 2 is 0.884 bits per heavy atom. The Morgan fingerprint density at radius 3 is 1.26 bits per heavy atom. The van der Waals surface area contributed by atoms with Gasteiger partial charge in [-0.05, 0) is 138 Å². The van der Waals surface area contributed by atoms with Crippen LogP contribution in [-0.4, -0.2) is 42.8 Å². The molecule has 0 radical (unpaired) electrons. The number of aromatic amines is 1. The molecule has 1 N–H and O–H groups in total. The number of rotatable bonds is 4. The molecule has 0 atom stereocenters. The highest BCUT2D eigenvalue weighted by Gasteiger charge is 2.08. The number of hydrogen-bond donors (Lipinski definition) is 1.